The number of carbonyl (C=O) groups is 1. The first-order valence-electron chi connectivity index (χ1n) is 7.75. The molecule has 2 aromatic carbocycles. The van der Waals surface area contributed by atoms with E-state index in [0.717, 1.165) is 28.1 Å². The van der Waals surface area contributed by atoms with Crippen molar-refractivity contribution in [2.75, 3.05) is 25.6 Å². The molecule has 0 unspecified atom stereocenters. The maximum Gasteiger partial charge on any atom is 0.277 e. The zero-order valence-corrected chi connectivity index (χ0v) is 14.5. The predicted octanol–water partition coefficient (Wildman–Crippen LogP) is 2.90. The molecule has 0 heterocycles. The fourth-order valence-electron chi connectivity index (χ4n) is 2.23. The average Bonchev–Trinajstić information content (AvgIpc) is 2.55. The molecule has 0 radical (unpaired) electrons. The smallest absolute Gasteiger partial charge is 0.277 e. The number of para-hydroxylation sites is 1. The van der Waals surface area contributed by atoms with Gasteiger partial charge in [-0.1, -0.05) is 30.3 Å². The van der Waals surface area contributed by atoms with E-state index in [2.05, 4.69) is 10.5 Å². The average molecular weight is 325 g/mol. The van der Waals surface area contributed by atoms with Gasteiger partial charge in [0.1, 0.15) is 5.75 Å². The zero-order chi connectivity index (χ0) is 17.5. The van der Waals surface area contributed by atoms with Gasteiger partial charge in [-0.25, -0.2) is 5.43 Å². The SMILES string of the molecule is Cc1cccc(C)c1OCC(=O)N/N=C\c1ccc(N(C)C)cc1. The van der Waals surface area contributed by atoms with Gasteiger partial charge in [-0.2, -0.15) is 5.10 Å². The number of nitrogens with one attached hydrogen (secondary N) is 1. The van der Waals surface area contributed by atoms with Crippen LogP contribution in [0.3, 0.4) is 0 Å². The minimum atomic E-state index is -0.293. The second kappa shape index (κ2) is 8.15. The Hall–Kier alpha value is -2.82. The van der Waals surface area contributed by atoms with Gasteiger partial charge in [0.05, 0.1) is 6.21 Å². The fraction of sp³-hybridized carbons (Fsp3) is 0.263. The van der Waals surface area contributed by atoms with Crippen LogP contribution in [0.5, 0.6) is 5.75 Å². The van der Waals surface area contributed by atoms with Gasteiger partial charge in [-0.15, -0.1) is 0 Å². The van der Waals surface area contributed by atoms with Gasteiger partial charge in [-0.05, 0) is 42.7 Å². The van der Waals surface area contributed by atoms with Crippen LogP contribution in [-0.2, 0) is 4.79 Å². The third-order valence-electron chi connectivity index (χ3n) is 3.57. The van der Waals surface area contributed by atoms with Crippen molar-refractivity contribution >= 4 is 17.8 Å². The molecule has 5 nitrogen and oxygen atoms in total. The van der Waals surface area contributed by atoms with Crippen molar-refractivity contribution in [3.63, 3.8) is 0 Å². The number of rotatable bonds is 6. The van der Waals surface area contributed by atoms with E-state index < -0.39 is 0 Å². The van der Waals surface area contributed by atoms with Crippen LogP contribution < -0.4 is 15.1 Å². The highest BCUT2D eigenvalue weighted by molar-refractivity contribution is 5.83. The minimum Gasteiger partial charge on any atom is -0.483 e. The molecule has 0 aliphatic carbocycles. The van der Waals surface area contributed by atoms with Crippen molar-refractivity contribution < 1.29 is 9.53 Å². The normalized spacial score (nSPS) is 10.7. The van der Waals surface area contributed by atoms with E-state index in [9.17, 15) is 4.79 Å². The van der Waals surface area contributed by atoms with Crippen LogP contribution in [0.25, 0.3) is 0 Å². The molecule has 2 rings (SSSR count). The third-order valence-corrected chi connectivity index (χ3v) is 3.57. The standard InChI is InChI=1S/C19H23N3O2/c1-14-6-5-7-15(2)19(14)24-13-18(23)21-20-12-16-8-10-17(11-9-16)22(3)4/h5-12H,13H2,1-4H3,(H,21,23)/b20-12-. The largest absolute Gasteiger partial charge is 0.483 e. The second-order valence-corrected chi connectivity index (χ2v) is 5.79. The zero-order valence-electron chi connectivity index (χ0n) is 14.5. The summed E-state index contributed by atoms with van der Waals surface area (Å²) in [7, 11) is 3.97. The first kappa shape index (κ1) is 17.5. The Morgan fingerprint density at radius 1 is 1.12 bits per heavy atom. The van der Waals surface area contributed by atoms with Gasteiger partial charge in [-0.3, -0.25) is 4.79 Å². The van der Waals surface area contributed by atoms with E-state index in [4.69, 9.17) is 4.74 Å². The lowest BCUT2D eigenvalue weighted by molar-refractivity contribution is -0.123. The summed E-state index contributed by atoms with van der Waals surface area (Å²) in [4.78, 5) is 13.8. The van der Waals surface area contributed by atoms with Crippen LogP contribution in [0.1, 0.15) is 16.7 Å². The van der Waals surface area contributed by atoms with Crippen molar-refractivity contribution in [3.05, 3.63) is 59.2 Å². The molecule has 0 spiro atoms. The second-order valence-electron chi connectivity index (χ2n) is 5.79. The van der Waals surface area contributed by atoms with Gasteiger partial charge < -0.3 is 9.64 Å². The molecule has 0 bridgehead atoms. The van der Waals surface area contributed by atoms with Crippen LogP contribution >= 0.6 is 0 Å². The fourth-order valence-corrected chi connectivity index (χ4v) is 2.23. The van der Waals surface area contributed by atoms with Crippen LogP contribution in [0.4, 0.5) is 5.69 Å². The monoisotopic (exact) mass is 325 g/mol. The number of hydrazone groups is 1. The number of nitrogens with zero attached hydrogens (tertiary/aromatic N) is 2. The highest BCUT2D eigenvalue weighted by Gasteiger charge is 2.06. The van der Waals surface area contributed by atoms with E-state index in [1.54, 1.807) is 6.21 Å². The Balaban J connectivity index is 1.84. The van der Waals surface area contributed by atoms with Crippen LogP contribution in [-0.4, -0.2) is 32.8 Å². The molecule has 1 amide bonds. The molecule has 5 heteroatoms. The molecular formula is C19H23N3O2. The van der Waals surface area contributed by atoms with Crippen molar-refractivity contribution in [2.24, 2.45) is 5.10 Å². The highest BCUT2D eigenvalue weighted by Crippen LogP contribution is 2.21. The lowest BCUT2D eigenvalue weighted by Crippen LogP contribution is -2.25. The summed E-state index contributed by atoms with van der Waals surface area (Å²) >= 11 is 0. The van der Waals surface area contributed by atoms with Crippen molar-refractivity contribution in [2.45, 2.75) is 13.8 Å². The summed E-state index contributed by atoms with van der Waals surface area (Å²) in [5.74, 6) is 0.453. The maximum absolute atomic E-state index is 11.8. The predicted molar refractivity (Wildman–Crippen MR) is 97.9 cm³/mol. The van der Waals surface area contributed by atoms with Crippen LogP contribution in [0, 0.1) is 13.8 Å². The lowest BCUT2D eigenvalue weighted by atomic mass is 10.1. The van der Waals surface area contributed by atoms with Gasteiger partial charge in [0.15, 0.2) is 6.61 Å². The summed E-state index contributed by atoms with van der Waals surface area (Å²) < 4.78 is 5.58. The Labute approximate surface area is 142 Å². The van der Waals surface area contributed by atoms with E-state index in [-0.39, 0.29) is 12.5 Å². The topological polar surface area (TPSA) is 53.9 Å². The summed E-state index contributed by atoms with van der Waals surface area (Å²) in [5, 5.41) is 3.96. The Morgan fingerprint density at radius 3 is 2.33 bits per heavy atom. The Bertz CT molecular complexity index is 702. The van der Waals surface area contributed by atoms with E-state index >= 15 is 0 Å². The molecule has 0 aliphatic rings. The first-order chi connectivity index (χ1) is 11.5. The van der Waals surface area contributed by atoms with Gasteiger partial charge >= 0.3 is 0 Å². The van der Waals surface area contributed by atoms with Crippen molar-refractivity contribution in [1.29, 1.82) is 0 Å². The molecule has 126 valence electrons. The van der Waals surface area contributed by atoms with E-state index in [1.165, 1.54) is 0 Å². The van der Waals surface area contributed by atoms with Gasteiger partial charge in [0.2, 0.25) is 0 Å². The van der Waals surface area contributed by atoms with E-state index in [1.807, 2.05) is 75.3 Å². The third kappa shape index (κ3) is 4.84. The summed E-state index contributed by atoms with van der Waals surface area (Å²) in [6.07, 6.45) is 1.61. The Kier molecular flexibility index (Phi) is 5.95. The molecule has 0 saturated heterocycles. The molecular weight excluding hydrogens is 302 g/mol. The summed E-state index contributed by atoms with van der Waals surface area (Å²) in [6.45, 7) is 3.84. The molecule has 2 aromatic rings. The number of anilines is 1. The minimum absolute atomic E-state index is 0.0669. The Morgan fingerprint density at radius 2 is 1.75 bits per heavy atom. The molecule has 24 heavy (non-hydrogen) atoms. The number of amides is 1. The quantitative estimate of drug-likeness (QED) is 0.656. The van der Waals surface area contributed by atoms with Crippen molar-refractivity contribution in [1.82, 2.24) is 5.43 Å². The molecule has 0 fully saturated rings. The van der Waals surface area contributed by atoms with Gasteiger partial charge in [0, 0.05) is 19.8 Å². The van der Waals surface area contributed by atoms with Gasteiger partial charge in [0.25, 0.3) is 5.91 Å². The number of hydrogen-bond acceptors (Lipinski definition) is 4. The summed E-state index contributed by atoms with van der Waals surface area (Å²) in [6, 6.07) is 13.7. The van der Waals surface area contributed by atoms with Crippen LogP contribution in [0.15, 0.2) is 47.6 Å². The van der Waals surface area contributed by atoms with Crippen LogP contribution in [0.2, 0.25) is 0 Å². The molecule has 0 aliphatic heterocycles. The number of aryl methyl sites for hydroxylation is 2. The number of benzene rings is 2. The lowest BCUT2D eigenvalue weighted by Gasteiger charge is -2.11. The number of carbonyl (C=O) groups excluding carboxylic acids is 1. The number of hydrogen-bond donors (Lipinski definition) is 1. The molecule has 0 saturated carbocycles. The molecule has 0 aromatic heterocycles. The highest BCUT2D eigenvalue weighted by atomic mass is 16.5. The van der Waals surface area contributed by atoms with Crippen molar-refractivity contribution in [3.8, 4) is 5.75 Å². The summed E-state index contributed by atoms with van der Waals surface area (Å²) in [5.41, 5.74) is 6.51. The number of ether oxygens (including phenoxy) is 1. The maximum atomic E-state index is 11.8. The molecule has 1 N–H and O–H groups in total. The molecule has 0 atom stereocenters. The first-order valence-corrected chi connectivity index (χ1v) is 7.75. The van der Waals surface area contributed by atoms with E-state index in [0.29, 0.717) is 0 Å².